The maximum Gasteiger partial charge on any atom is 0.326 e. The van der Waals surface area contributed by atoms with Crippen molar-refractivity contribution >= 4 is 57.3 Å². The first-order valence-electron chi connectivity index (χ1n) is 14.5. The Morgan fingerprint density at radius 3 is 1.67 bits per heavy atom. The van der Waals surface area contributed by atoms with Gasteiger partial charge in [0, 0.05) is 53.5 Å². The molecular formula is C31H36N8O7. The Morgan fingerprint density at radius 2 is 1.15 bits per heavy atom. The summed E-state index contributed by atoms with van der Waals surface area (Å²) in [7, 11) is 0. The molecule has 12 N–H and O–H groups in total. The number of aliphatic carboxylic acids is 1. The maximum atomic E-state index is 13.7. The highest BCUT2D eigenvalue weighted by atomic mass is 16.4. The molecule has 0 spiro atoms. The molecule has 46 heavy (non-hydrogen) atoms. The average molecular weight is 633 g/mol. The zero-order valence-corrected chi connectivity index (χ0v) is 24.7. The van der Waals surface area contributed by atoms with Gasteiger partial charge in [-0.05, 0) is 29.7 Å². The molecular weight excluding hydrogens is 596 g/mol. The molecule has 15 nitrogen and oxygen atoms in total. The van der Waals surface area contributed by atoms with Gasteiger partial charge < -0.3 is 48.2 Å². The Labute approximate surface area is 262 Å². The summed E-state index contributed by atoms with van der Waals surface area (Å²) in [5, 5.41) is 19.0. The summed E-state index contributed by atoms with van der Waals surface area (Å²) >= 11 is 0. The number of fused-ring (bicyclic) bond motifs is 2. The fraction of sp³-hybridized carbons (Fsp3) is 0.290. The van der Waals surface area contributed by atoms with E-state index in [0.717, 1.165) is 21.8 Å². The topological polar surface area (TPSA) is 268 Å². The number of aromatic amines is 2. The molecule has 0 saturated heterocycles. The molecule has 2 aromatic carbocycles. The Kier molecular flexibility index (Phi) is 10.7. The van der Waals surface area contributed by atoms with Gasteiger partial charge in [-0.3, -0.25) is 24.0 Å². The molecule has 0 aliphatic heterocycles. The van der Waals surface area contributed by atoms with E-state index in [9.17, 15) is 33.9 Å². The highest BCUT2D eigenvalue weighted by molar-refractivity contribution is 5.97. The fourth-order valence-electron chi connectivity index (χ4n) is 5.11. The highest BCUT2D eigenvalue weighted by Crippen LogP contribution is 2.21. The molecule has 0 radical (unpaired) electrons. The van der Waals surface area contributed by atoms with Gasteiger partial charge in [0.15, 0.2) is 0 Å². The van der Waals surface area contributed by atoms with Crippen molar-refractivity contribution in [1.29, 1.82) is 0 Å². The van der Waals surface area contributed by atoms with Crippen LogP contribution < -0.4 is 33.2 Å². The van der Waals surface area contributed by atoms with E-state index < -0.39 is 66.1 Å². The average Bonchev–Trinajstić information content (AvgIpc) is 3.62. The third-order valence-corrected chi connectivity index (χ3v) is 7.52. The maximum absolute atomic E-state index is 13.7. The van der Waals surface area contributed by atoms with Crippen LogP contribution in [0.1, 0.15) is 30.4 Å². The van der Waals surface area contributed by atoms with E-state index in [4.69, 9.17) is 17.2 Å². The predicted molar refractivity (Wildman–Crippen MR) is 168 cm³/mol. The molecule has 4 atom stereocenters. The van der Waals surface area contributed by atoms with E-state index in [1.807, 2.05) is 42.5 Å². The number of carbonyl (C=O) groups excluding carboxylic acids is 5. The second-order valence-corrected chi connectivity index (χ2v) is 10.9. The molecule has 15 heteroatoms. The molecule has 4 unspecified atom stereocenters. The monoisotopic (exact) mass is 632 g/mol. The first-order chi connectivity index (χ1) is 21.9. The van der Waals surface area contributed by atoms with Crippen LogP contribution in [0.4, 0.5) is 0 Å². The molecule has 2 heterocycles. The van der Waals surface area contributed by atoms with Gasteiger partial charge in [-0.15, -0.1) is 0 Å². The second-order valence-electron chi connectivity index (χ2n) is 10.9. The number of primary amides is 2. The van der Waals surface area contributed by atoms with Crippen LogP contribution in [-0.4, -0.2) is 74.7 Å². The van der Waals surface area contributed by atoms with Gasteiger partial charge in [0.25, 0.3) is 0 Å². The van der Waals surface area contributed by atoms with E-state index in [-0.39, 0.29) is 25.7 Å². The minimum atomic E-state index is -1.52. The number of hydrogen-bond acceptors (Lipinski definition) is 7. The Hall–Kier alpha value is -5.70. The lowest BCUT2D eigenvalue weighted by Crippen LogP contribution is -2.58. The molecule has 0 aliphatic carbocycles. The molecule has 0 fully saturated rings. The molecule has 0 saturated carbocycles. The van der Waals surface area contributed by atoms with Crippen molar-refractivity contribution in [2.75, 3.05) is 0 Å². The first kappa shape index (κ1) is 33.2. The minimum absolute atomic E-state index is 0.0532. The number of H-pyrrole nitrogens is 2. The summed E-state index contributed by atoms with van der Waals surface area (Å²) in [6, 6.07) is 9.13. The largest absolute Gasteiger partial charge is 0.480 e. The van der Waals surface area contributed by atoms with Gasteiger partial charge in [0.1, 0.15) is 18.1 Å². The predicted octanol–water partition coefficient (Wildman–Crippen LogP) is -0.558. The summed E-state index contributed by atoms with van der Waals surface area (Å²) < 4.78 is 0. The summed E-state index contributed by atoms with van der Waals surface area (Å²) in [4.78, 5) is 81.2. The van der Waals surface area contributed by atoms with Crippen LogP contribution in [0.3, 0.4) is 0 Å². The van der Waals surface area contributed by atoms with E-state index >= 15 is 0 Å². The smallest absolute Gasteiger partial charge is 0.326 e. The number of amides is 5. The van der Waals surface area contributed by atoms with Crippen molar-refractivity contribution in [3.63, 3.8) is 0 Å². The van der Waals surface area contributed by atoms with Gasteiger partial charge in [-0.2, -0.15) is 0 Å². The number of benzene rings is 2. The molecule has 5 amide bonds. The lowest BCUT2D eigenvalue weighted by atomic mass is 10.0. The number of carboxylic acid groups (broad SMARTS) is 1. The number of para-hydroxylation sites is 2. The number of aromatic nitrogens is 2. The van der Waals surface area contributed by atoms with Crippen LogP contribution in [0.2, 0.25) is 0 Å². The van der Waals surface area contributed by atoms with Crippen molar-refractivity contribution in [3.8, 4) is 0 Å². The van der Waals surface area contributed by atoms with E-state index in [2.05, 4.69) is 25.9 Å². The Balaban J connectivity index is 1.57. The van der Waals surface area contributed by atoms with E-state index in [0.29, 0.717) is 11.1 Å². The van der Waals surface area contributed by atoms with Gasteiger partial charge >= 0.3 is 5.97 Å². The van der Waals surface area contributed by atoms with E-state index in [1.165, 1.54) is 0 Å². The zero-order chi connectivity index (χ0) is 33.4. The van der Waals surface area contributed by atoms with Crippen molar-refractivity contribution < 1.29 is 33.9 Å². The quantitative estimate of drug-likeness (QED) is 0.0771. The Morgan fingerprint density at radius 1 is 0.674 bits per heavy atom. The lowest BCUT2D eigenvalue weighted by molar-refractivity contribution is -0.142. The zero-order valence-electron chi connectivity index (χ0n) is 24.7. The van der Waals surface area contributed by atoms with Crippen LogP contribution in [0, 0.1) is 0 Å². The van der Waals surface area contributed by atoms with Crippen LogP contribution in [0.25, 0.3) is 21.8 Å². The van der Waals surface area contributed by atoms with Gasteiger partial charge in [0.2, 0.25) is 29.5 Å². The molecule has 0 bridgehead atoms. The molecule has 242 valence electrons. The first-order valence-corrected chi connectivity index (χ1v) is 14.5. The summed E-state index contributed by atoms with van der Waals surface area (Å²) in [6.07, 6.45) is 2.29. The van der Waals surface area contributed by atoms with Crippen LogP contribution >= 0.6 is 0 Å². The molecule has 2 aromatic heterocycles. The number of rotatable bonds is 16. The highest BCUT2D eigenvalue weighted by Gasteiger charge is 2.32. The second kappa shape index (κ2) is 14.9. The number of nitrogens with one attached hydrogen (secondary N) is 5. The van der Waals surface area contributed by atoms with Gasteiger partial charge in [-0.25, -0.2) is 4.79 Å². The van der Waals surface area contributed by atoms with Gasteiger partial charge in [-0.1, -0.05) is 36.4 Å². The molecule has 4 rings (SSSR count). The van der Waals surface area contributed by atoms with Crippen LogP contribution in [0.15, 0.2) is 60.9 Å². The third-order valence-electron chi connectivity index (χ3n) is 7.52. The van der Waals surface area contributed by atoms with Gasteiger partial charge in [0.05, 0.1) is 12.5 Å². The third kappa shape index (κ3) is 8.47. The fourth-order valence-corrected chi connectivity index (χ4v) is 5.11. The summed E-state index contributed by atoms with van der Waals surface area (Å²) in [5.41, 5.74) is 19.1. The lowest BCUT2D eigenvalue weighted by Gasteiger charge is -2.25. The summed E-state index contributed by atoms with van der Waals surface area (Å²) in [5.74, 6) is -5.48. The SMILES string of the molecule is NC(=O)CCC(N)C(=O)NC(CC(N)=O)C(=O)NC(Cc1c[nH]c2ccccc12)C(=O)NC(Cc1c[nH]c2ccccc12)C(=O)O. The number of carboxylic acids is 1. The van der Waals surface area contributed by atoms with Crippen molar-refractivity contribution in [1.82, 2.24) is 25.9 Å². The van der Waals surface area contributed by atoms with Crippen LogP contribution in [0.5, 0.6) is 0 Å². The van der Waals surface area contributed by atoms with Crippen LogP contribution in [-0.2, 0) is 41.6 Å². The minimum Gasteiger partial charge on any atom is -0.480 e. The summed E-state index contributed by atoms with van der Waals surface area (Å²) in [6.45, 7) is 0. The molecule has 0 aliphatic rings. The van der Waals surface area contributed by atoms with Crippen molar-refractivity contribution in [2.45, 2.75) is 56.3 Å². The standard InChI is InChI=1S/C31H36N8O7/c32-20(9-10-26(33)40)28(42)37-24(13-27(34)41)30(44)38-23(11-16-14-35-21-7-3-1-5-18(16)21)29(43)39-25(31(45)46)12-17-15-36-22-8-4-2-6-19(17)22/h1-8,14-15,20,23-25,35-36H,9-13,32H2,(H2,33,40)(H2,34,41)(H,37,42)(H,38,44)(H,39,43)(H,45,46). The number of nitrogens with two attached hydrogens (primary N) is 3. The normalized spacial score (nSPS) is 13.8. The van der Waals surface area contributed by atoms with Crippen molar-refractivity contribution in [3.05, 3.63) is 72.1 Å². The number of carbonyl (C=O) groups is 6. The Bertz CT molecular complexity index is 1760. The molecule has 4 aromatic rings. The van der Waals surface area contributed by atoms with Crippen molar-refractivity contribution in [2.24, 2.45) is 17.2 Å². The number of hydrogen-bond donors (Lipinski definition) is 9. The van der Waals surface area contributed by atoms with E-state index in [1.54, 1.807) is 18.5 Å².